The second kappa shape index (κ2) is 8.77. The van der Waals surface area contributed by atoms with Crippen LogP contribution in [0.3, 0.4) is 0 Å². The summed E-state index contributed by atoms with van der Waals surface area (Å²) >= 11 is 0. The van der Waals surface area contributed by atoms with Crippen molar-refractivity contribution < 1.29 is 17.6 Å². The van der Waals surface area contributed by atoms with Crippen LogP contribution in [0.4, 0.5) is 15.8 Å². The predicted octanol–water partition coefficient (Wildman–Crippen LogP) is 3.59. The molecule has 0 saturated carbocycles. The smallest absolute Gasteiger partial charge is 0.261 e. The topological polar surface area (TPSA) is 69.7 Å². The zero-order chi connectivity index (χ0) is 21.8. The van der Waals surface area contributed by atoms with Crippen molar-refractivity contribution in [1.82, 2.24) is 4.90 Å². The molecule has 3 aromatic carbocycles. The largest absolute Gasteiger partial charge is 0.366 e. The molecule has 31 heavy (non-hydrogen) atoms. The molecule has 8 heteroatoms. The summed E-state index contributed by atoms with van der Waals surface area (Å²) in [6.45, 7) is 2.05. The Morgan fingerprint density at radius 3 is 2.06 bits per heavy atom. The Kier molecular flexibility index (Phi) is 5.90. The van der Waals surface area contributed by atoms with E-state index in [2.05, 4.69) is 4.72 Å². The van der Waals surface area contributed by atoms with Crippen LogP contribution in [0.5, 0.6) is 0 Å². The van der Waals surface area contributed by atoms with Crippen LogP contribution in [-0.4, -0.2) is 45.4 Å². The highest BCUT2D eigenvalue weighted by Crippen LogP contribution is 2.21. The lowest BCUT2D eigenvalue weighted by Gasteiger charge is -2.36. The molecule has 1 N–H and O–H groups in total. The van der Waals surface area contributed by atoms with Crippen LogP contribution in [-0.2, 0) is 10.0 Å². The number of amides is 1. The second-order valence-corrected chi connectivity index (χ2v) is 8.91. The molecule has 6 nitrogen and oxygen atoms in total. The van der Waals surface area contributed by atoms with Crippen LogP contribution in [0.1, 0.15) is 10.4 Å². The lowest BCUT2D eigenvalue weighted by Crippen LogP contribution is -2.49. The van der Waals surface area contributed by atoms with E-state index >= 15 is 0 Å². The van der Waals surface area contributed by atoms with E-state index in [1.807, 2.05) is 4.90 Å². The molecule has 0 atom stereocenters. The first-order valence-electron chi connectivity index (χ1n) is 9.91. The lowest BCUT2D eigenvalue weighted by atomic mass is 10.1. The number of benzene rings is 3. The van der Waals surface area contributed by atoms with Gasteiger partial charge in [0.25, 0.3) is 15.9 Å². The summed E-state index contributed by atoms with van der Waals surface area (Å²) < 4.78 is 41.3. The van der Waals surface area contributed by atoms with Crippen molar-refractivity contribution in [3.63, 3.8) is 0 Å². The average Bonchev–Trinajstić information content (AvgIpc) is 2.80. The fraction of sp³-hybridized carbons (Fsp3) is 0.174. The van der Waals surface area contributed by atoms with Gasteiger partial charge in [-0.3, -0.25) is 9.52 Å². The van der Waals surface area contributed by atoms with Crippen LogP contribution in [0.15, 0.2) is 83.8 Å². The first-order valence-corrected chi connectivity index (χ1v) is 11.4. The highest BCUT2D eigenvalue weighted by molar-refractivity contribution is 7.92. The molecule has 1 aliphatic heterocycles. The molecule has 1 aliphatic rings. The normalized spacial score (nSPS) is 14.4. The van der Waals surface area contributed by atoms with Crippen molar-refractivity contribution in [2.24, 2.45) is 0 Å². The van der Waals surface area contributed by atoms with Crippen LogP contribution >= 0.6 is 0 Å². The number of hydrogen-bond acceptors (Lipinski definition) is 4. The third kappa shape index (κ3) is 4.69. The Morgan fingerprint density at radius 2 is 1.42 bits per heavy atom. The quantitative estimate of drug-likeness (QED) is 0.660. The van der Waals surface area contributed by atoms with Crippen molar-refractivity contribution in [3.05, 3.63) is 90.2 Å². The average molecular weight is 440 g/mol. The molecule has 0 spiro atoms. The Balaban J connectivity index is 1.38. The molecule has 1 saturated heterocycles. The van der Waals surface area contributed by atoms with Crippen molar-refractivity contribution >= 4 is 27.3 Å². The molecule has 0 radical (unpaired) electrons. The third-order valence-corrected chi connectivity index (χ3v) is 6.59. The third-order valence-electron chi connectivity index (χ3n) is 5.20. The van der Waals surface area contributed by atoms with Crippen LogP contribution in [0, 0.1) is 5.82 Å². The summed E-state index contributed by atoms with van der Waals surface area (Å²) in [6, 6.07) is 21.1. The van der Waals surface area contributed by atoms with Gasteiger partial charge in [-0.25, -0.2) is 12.8 Å². The van der Waals surface area contributed by atoms with Gasteiger partial charge in [-0.15, -0.1) is 0 Å². The van der Waals surface area contributed by atoms with E-state index in [0.29, 0.717) is 43.1 Å². The van der Waals surface area contributed by atoms with Crippen molar-refractivity contribution in [2.45, 2.75) is 4.90 Å². The van der Waals surface area contributed by atoms with Crippen LogP contribution in [0.25, 0.3) is 0 Å². The maximum Gasteiger partial charge on any atom is 0.261 e. The number of piperazine rings is 1. The number of nitrogens with one attached hydrogen (secondary N) is 1. The fourth-order valence-electron chi connectivity index (χ4n) is 3.54. The number of anilines is 2. The zero-order valence-electron chi connectivity index (χ0n) is 16.7. The number of hydrogen-bond donors (Lipinski definition) is 1. The predicted molar refractivity (Wildman–Crippen MR) is 118 cm³/mol. The minimum atomic E-state index is -3.68. The van der Waals surface area contributed by atoms with Gasteiger partial charge in [0.15, 0.2) is 0 Å². The monoisotopic (exact) mass is 439 g/mol. The standard InChI is InChI=1S/C23H22FN3O3S/c24-21-8-4-5-9-22(21)26-14-16-27(17-15-26)23(28)18-10-12-19(13-11-18)25-31(29,30)20-6-2-1-3-7-20/h1-13,25H,14-17H2. The summed E-state index contributed by atoms with van der Waals surface area (Å²) in [5.74, 6) is -0.401. The number of halogens is 1. The first kappa shape index (κ1) is 20.9. The van der Waals surface area contributed by atoms with Gasteiger partial charge in [-0.2, -0.15) is 0 Å². The van der Waals surface area contributed by atoms with Gasteiger partial charge < -0.3 is 9.80 Å². The van der Waals surface area contributed by atoms with Gasteiger partial charge in [0.05, 0.1) is 10.6 Å². The molecule has 0 aromatic heterocycles. The van der Waals surface area contributed by atoms with Gasteiger partial charge in [-0.1, -0.05) is 30.3 Å². The number of sulfonamides is 1. The van der Waals surface area contributed by atoms with Crippen molar-refractivity contribution in [1.29, 1.82) is 0 Å². The molecule has 160 valence electrons. The summed E-state index contributed by atoms with van der Waals surface area (Å²) in [4.78, 5) is 16.6. The van der Waals surface area contributed by atoms with Crippen molar-refractivity contribution in [3.8, 4) is 0 Å². The molecule has 1 amide bonds. The lowest BCUT2D eigenvalue weighted by molar-refractivity contribution is 0.0746. The summed E-state index contributed by atoms with van der Waals surface area (Å²) in [7, 11) is -3.68. The van der Waals surface area contributed by atoms with Gasteiger partial charge in [-0.05, 0) is 48.5 Å². The molecule has 1 fully saturated rings. The van der Waals surface area contributed by atoms with E-state index in [1.54, 1.807) is 65.6 Å². The molecular formula is C23H22FN3O3S. The Bertz CT molecular complexity index is 1160. The van der Waals surface area contributed by atoms with Gasteiger partial charge in [0, 0.05) is 37.4 Å². The van der Waals surface area contributed by atoms with Gasteiger partial charge in [0.2, 0.25) is 0 Å². The Labute approximate surface area is 181 Å². The van der Waals surface area contributed by atoms with E-state index in [9.17, 15) is 17.6 Å². The minimum absolute atomic E-state index is 0.134. The van der Waals surface area contributed by atoms with E-state index in [4.69, 9.17) is 0 Å². The Morgan fingerprint density at radius 1 is 0.806 bits per heavy atom. The SMILES string of the molecule is O=C(c1ccc(NS(=O)(=O)c2ccccc2)cc1)N1CCN(c2ccccc2F)CC1. The minimum Gasteiger partial charge on any atom is -0.366 e. The molecule has 0 unspecified atom stereocenters. The Hall–Kier alpha value is -3.39. The summed E-state index contributed by atoms with van der Waals surface area (Å²) in [6.07, 6.45) is 0. The van der Waals surface area contributed by atoms with Gasteiger partial charge in [0.1, 0.15) is 5.82 Å². The summed E-state index contributed by atoms with van der Waals surface area (Å²) in [5, 5.41) is 0. The maximum atomic E-state index is 14.0. The number of rotatable bonds is 5. The number of carbonyl (C=O) groups is 1. The molecule has 1 heterocycles. The molecule has 0 bridgehead atoms. The number of nitrogens with zero attached hydrogens (tertiary/aromatic N) is 2. The maximum absolute atomic E-state index is 14.0. The molecular weight excluding hydrogens is 417 g/mol. The number of para-hydroxylation sites is 1. The van der Waals surface area contributed by atoms with Crippen LogP contribution in [0.2, 0.25) is 0 Å². The van der Waals surface area contributed by atoms with E-state index in [1.165, 1.54) is 18.2 Å². The zero-order valence-corrected chi connectivity index (χ0v) is 17.6. The van der Waals surface area contributed by atoms with Gasteiger partial charge >= 0.3 is 0 Å². The molecule has 4 rings (SSSR count). The second-order valence-electron chi connectivity index (χ2n) is 7.23. The number of carbonyl (C=O) groups excluding carboxylic acids is 1. The highest BCUT2D eigenvalue weighted by Gasteiger charge is 2.23. The van der Waals surface area contributed by atoms with E-state index < -0.39 is 10.0 Å². The summed E-state index contributed by atoms with van der Waals surface area (Å²) in [5.41, 5.74) is 1.40. The molecule has 3 aromatic rings. The van der Waals surface area contributed by atoms with E-state index in [0.717, 1.165) is 0 Å². The van der Waals surface area contributed by atoms with Crippen LogP contribution < -0.4 is 9.62 Å². The van der Waals surface area contributed by atoms with E-state index in [-0.39, 0.29) is 16.6 Å². The first-order chi connectivity index (χ1) is 14.9. The van der Waals surface area contributed by atoms with Crippen molar-refractivity contribution in [2.75, 3.05) is 35.8 Å². The highest BCUT2D eigenvalue weighted by atomic mass is 32.2. The fourth-order valence-corrected chi connectivity index (χ4v) is 4.62. The molecule has 0 aliphatic carbocycles.